The second-order valence-corrected chi connectivity index (χ2v) is 7.19. The number of benzene rings is 1. The van der Waals surface area contributed by atoms with E-state index in [4.69, 9.17) is 4.74 Å². The van der Waals surface area contributed by atoms with E-state index < -0.39 is 0 Å². The number of aromatic nitrogens is 1. The number of ether oxygens (including phenoxy) is 1. The van der Waals surface area contributed by atoms with Crippen LogP contribution >= 0.6 is 0 Å². The number of hydrogen-bond donors (Lipinski definition) is 1. The first-order valence-corrected chi connectivity index (χ1v) is 8.89. The number of fused-ring (bicyclic) bond motifs is 4. The van der Waals surface area contributed by atoms with E-state index in [9.17, 15) is 4.79 Å². The van der Waals surface area contributed by atoms with Crippen molar-refractivity contribution in [3.8, 4) is 5.69 Å². The lowest BCUT2D eigenvalue weighted by molar-refractivity contribution is -0.136. The highest BCUT2D eigenvalue weighted by Crippen LogP contribution is 2.44. The quantitative estimate of drug-likeness (QED) is 0.915. The van der Waals surface area contributed by atoms with Gasteiger partial charge in [0.1, 0.15) is 6.61 Å². The molecule has 0 radical (unpaired) electrons. The van der Waals surface area contributed by atoms with E-state index in [0.29, 0.717) is 0 Å². The Morgan fingerprint density at radius 3 is 2.72 bits per heavy atom. The van der Waals surface area contributed by atoms with Crippen LogP contribution in [0.1, 0.15) is 29.7 Å². The van der Waals surface area contributed by atoms with Crippen molar-refractivity contribution in [2.45, 2.75) is 32.2 Å². The normalized spacial score (nSPS) is 17.8. The second-order valence-electron chi connectivity index (χ2n) is 7.19. The molecule has 25 heavy (non-hydrogen) atoms. The molecule has 0 aliphatic carbocycles. The molecule has 1 aromatic carbocycles. The highest BCUT2D eigenvalue weighted by Gasteiger charge is 2.42. The van der Waals surface area contributed by atoms with E-state index in [1.54, 1.807) is 7.11 Å². The number of carbonyl (C=O) groups excluding carboxylic acids is 1. The van der Waals surface area contributed by atoms with Crippen LogP contribution in [-0.2, 0) is 15.1 Å². The molecule has 5 heteroatoms. The molecule has 3 heterocycles. The summed E-state index contributed by atoms with van der Waals surface area (Å²) in [5.74, 6) is 0.0791. The van der Waals surface area contributed by atoms with E-state index in [2.05, 4.69) is 54.2 Å². The van der Waals surface area contributed by atoms with Crippen LogP contribution in [0.3, 0.4) is 0 Å². The van der Waals surface area contributed by atoms with Crippen LogP contribution in [0.5, 0.6) is 0 Å². The second kappa shape index (κ2) is 5.92. The molecule has 1 fully saturated rings. The summed E-state index contributed by atoms with van der Waals surface area (Å²) in [5.41, 5.74) is 6.24. The Hall–Kier alpha value is -2.27. The molecular formula is C20H25N3O2. The van der Waals surface area contributed by atoms with Gasteiger partial charge in [0.25, 0.3) is 0 Å². The van der Waals surface area contributed by atoms with Crippen molar-refractivity contribution < 1.29 is 9.53 Å². The summed E-state index contributed by atoms with van der Waals surface area (Å²) in [5, 5.41) is 3.82. The van der Waals surface area contributed by atoms with E-state index in [0.717, 1.165) is 25.9 Å². The molecule has 132 valence electrons. The van der Waals surface area contributed by atoms with Gasteiger partial charge in [0.05, 0.1) is 16.9 Å². The molecular weight excluding hydrogens is 314 g/mol. The molecule has 2 aliphatic rings. The summed E-state index contributed by atoms with van der Waals surface area (Å²) in [4.78, 5) is 14.0. The van der Waals surface area contributed by atoms with Gasteiger partial charge in [-0.05, 0) is 56.0 Å². The first kappa shape index (κ1) is 16.2. The molecule has 2 aliphatic heterocycles. The lowest BCUT2D eigenvalue weighted by Crippen LogP contribution is -2.51. The Kier molecular flexibility index (Phi) is 3.84. The minimum atomic E-state index is -0.109. The number of methoxy groups -OCH3 is 1. The number of rotatable bonds is 2. The van der Waals surface area contributed by atoms with Gasteiger partial charge in [0, 0.05) is 32.1 Å². The molecule has 1 spiro atoms. The number of anilines is 1. The first-order valence-electron chi connectivity index (χ1n) is 8.89. The fraction of sp³-hybridized carbons (Fsp3) is 0.450. The number of nitrogens with zero attached hydrogens (tertiary/aromatic N) is 2. The maximum atomic E-state index is 12.1. The van der Waals surface area contributed by atoms with Gasteiger partial charge in [-0.3, -0.25) is 4.79 Å². The summed E-state index contributed by atoms with van der Waals surface area (Å²) in [6, 6.07) is 8.70. The zero-order valence-electron chi connectivity index (χ0n) is 15.1. The van der Waals surface area contributed by atoms with Gasteiger partial charge < -0.3 is 19.5 Å². The minimum Gasteiger partial charge on any atom is -0.375 e. The van der Waals surface area contributed by atoms with Crippen LogP contribution < -0.4 is 5.32 Å². The number of hydrogen-bond acceptors (Lipinski definition) is 3. The molecule has 1 aromatic heterocycles. The number of nitrogens with one attached hydrogen (secondary N) is 1. The molecule has 2 aromatic rings. The Morgan fingerprint density at radius 2 is 2.00 bits per heavy atom. The monoisotopic (exact) mass is 339 g/mol. The summed E-state index contributed by atoms with van der Waals surface area (Å²) in [6.07, 6.45) is 3.96. The molecule has 0 unspecified atom stereocenters. The maximum Gasteiger partial charge on any atom is 0.248 e. The third-order valence-corrected chi connectivity index (χ3v) is 5.79. The Balaban J connectivity index is 1.68. The summed E-state index contributed by atoms with van der Waals surface area (Å²) in [7, 11) is 1.57. The van der Waals surface area contributed by atoms with E-state index in [-0.39, 0.29) is 18.1 Å². The van der Waals surface area contributed by atoms with Gasteiger partial charge in [-0.25, -0.2) is 0 Å². The third kappa shape index (κ3) is 2.45. The fourth-order valence-electron chi connectivity index (χ4n) is 4.23. The number of amides is 1. The number of carbonyl (C=O) groups is 1. The zero-order chi connectivity index (χ0) is 17.6. The Bertz CT molecular complexity index is 816. The largest absolute Gasteiger partial charge is 0.375 e. The minimum absolute atomic E-state index is 0.0791. The molecule has 0 saturated carbocycles. The zero-order valence-corrected chi connectivity index (χ0v) is 15.1. The average molecular weight is 339 g/mol. The van der Waals surface area contributed by atoms with E-state index in [1.165, 1.54) is 28.2 Å². The predicted octanol–water partition coefficient (Wildman–Crippen LogP) is 2.98. The lowest BCUT2D eigenvalue weighted by atomic mass is 9.82. The van der Waals surface area contributed by atoms with Crippen LogP contribution in [0.2, 0.25) is 0 Å². The highest BCUT2D eigenvalue weighted by molar-refractivity contribution is 5.78. The molecule has 1 N–H and O–H groups in total. The Labute approximate surface area is 148 Å². The fourth-order valence-corrected chi connectivity index (χ4v) is 4.23. The lowest BCUT2D eigenvalue weighted by Gasteiger charge is -2.46. The average Bonchev–Trinajstić information content (AvgIpc) is 3.10. The third-order valence-electron chi connectivity index (χ3n) is 5.79. The predicted molar refractivity (Wildman–Crippen MR) is 98.2 cm³/mol. The molecule has 1 amide bonds. The molecule has 0 atom stereocenters. The van der Waals surface area contributed by atoms with Crippen LogP contribution in [0.4, 0.5) is 5.69 Å². The smallest absolute Gasteiger partial charge is 0.248 e. The molecule has 1 saturated heterocycles. The van der Waals surface area contributed by atoms with Crippen molar-refractivity contribution in [2.24, 2.45) is 0 Å². The van der Waals surface area contributed by atoms with Crippen molar-refractivity contribution in [3.05, 3.63) is 47.3 Å². The number of likely N-dealkylation sites (tertiary alicyclic amines) is 1. The van der Waals surface area contributed by atoms with Gasteiger partial charge in [-0.2, -0.15) is 0 Å². The van der Waals surface area contributed by atoms with Gasteiger partial charge >= 0.3 is 0 Å². The van der Waals surface area contributed by atoms with Gasteiger partial charge in [-0.1, -0.05) is 6.07 Å². The topological polar surface area (TPSA) is 46.5 Å². The molecule has 4 rings (SSSR count). The standard InChI is InChI=1S/C20H25N3O2/c1-14-6-7-16-19(15(14)2)23-10-4-5-17(23)20(21-16)8-11-22(12-9-20)18(24)13-25-3/h4-7,10,21H,8-9,11-13H2,1-3H3. The maximum absolute atomic E-state index is 12.1. The first-order chi connectivity index (χ1) is 12.1. The van der Waals surface area contributed by atoms with Crippen molar-refractivity contribution in [3.63, 3.8) is 0 Å². The van der Waals surface area contributed by atoms with Crippen molar-refractivity contribution in [1.29, 1.82) is 0 Å². The van der Waals surface area contributed by atoms with Gasteiger partial charge in [-0.15, -0.1) is 0 Å². The summed E-state index contributed by atoms with van der Waals surface area (Å²) in [6.45, 7) is 6.01. The Morgan fingerprint density at radius 1 is 1.24 bits per heavy atom. The molecule has 0 bridgehead atoms. The number of aryl methyl sites for hydroxylation is 1. The van der Waals surface area contributed by atoms with Crippen LogP contribution in [0.25, 0.3) is 5.69 Å². The van der Waals surface area contributed by atoms with Crippen molar-refractivity contribution in [1.82, 2.24) is 9.47 Å². The highest BCUT2D eigenvalue weighted by atomic mass is 16.5. The SMILES string of the molecule is COCC(=O)N1CCC2(CC1)Nc1ccc(C)c(C)c1-n1cccc12. The van der Waals surface area contributed by atoms with Crippen LogP contribution in [0.15, 0.2) is 30.5 Å². The van der Waals surface area contributed by atoms with Crippen LogP contribution in [-0.4, -0.2) is 42.2 Å². The van der Waals surface area contributed by atoms with Crippen molar-refractivity contribution in [2.75, 3.05) is 32.1 Å². The van der Waals surface area contributed by atoms with E-state index in [1.807, 2.05) is 4.90 Å². The van der Waals surface area contributed by atoms with Crippen molar-refractivity contribution >= 4 is 11.6 Å². The van der Waals surface area contributed by atoms with Crippen LogP contribution in [0, 0.1) is 13.8 Å². The summed E-state index contributed by atoms with van der Waals surface area (Å²) >= 11 is 0. The summed E-state index contributed by atoms with van der Waals surface area (Å²) < 4.78 is 7.33. The molecule has 5 nitrogen and oxygen atoms in total. The van der Waals surface area contributed by atoms with Gasteiger partial charge in [0.2, 0.25) is 5.91 Å². The van der Waals surface area contributed by atoms with E-state index >= 15 is 0 Å². The number of piperidine rings is 1. The van der Waals surface area contributed by atoms with Gasteiger partial charge in [0.15, 0.2) is 0 Å².